The van der Waals surface area contributed by atoms with Crippen molar-refractivity contribution in [3.05, 3.63) is 27.4 Å². The maximum atomic E-state index is 12.3. The number of thiazole rings is 1. The number of carbonyl (C=O) groups excluding carboxylic acids is 1. The molecular formula is C14H18N2O3S2. The summed E-state index contributed by atoms with van der Waals surface area (Å²) in [5, 5.41) is 16.8. The number of aryl methyl sites for hydroxylation is 1. The van der Waals surface area contributed by atoms with Crippen molar-refractivity contribution in [2.75, 3.05) is 20.3 Å². The van der Waals surface area contributed by atoms with Gasteiger partial charge in [-0.15, -0.1) is 11.3 Å². The minimum atomic E-state index is -0.196. The highest BCUT2D eigenvalue weighted by molar-refractivity contribution is 7.17. The van der Waals surface area contributed by atoms with Gasteiger partial charge >= 0.3 is 0 Å². The zero-order valence-corrected chi connectivity index (χ0v) is 13.6. The van der Waals surface area contributed by atoms with E-state index < -0.39 is 0 Å². The lowest BCUT2D eigenvalue weighted by Gasteiger charge is -2.16. The summed E-state index contributed by atoms with van der Waals surface area (Å²) in [7, 11) is 1.57. The zero-order chi connectivity index (χ0) is 15.2. The van der Waals surface area contributed by atoms with E-state index in [0.29, 0.717) is 17.9 Å². The van der Waals surface area contributed by atoms with Crippen molar-refractivity contribution in [2.24, 2.45) is 0 Å². The number of aromatic nitrogens is 1. The number of thiophene rings is 1. The van der Waals surface area contributed by atoms with Gasteiger partial charge in [0, 0.05) is 24.7 Å². The molecule has 1 unspecified atom stereocenters. The molecule has 1 amide bonds. The van der Waals surface area contributed by atoms with E-state index in [1.807, 2.05) is 23.8 Å². The summed E-state index contributed by atoms with van der Waals surface area (Å²) in [5.41, 5.74) is 1.76. The lowest BCUT2D eigenvalue weighted by molar-refractivity contribution is 0.0882. The van der Waals surface area contributed by atoms with E-state index >= 15 is 0 Å². The van der Waals surface area contributed by atoms with Crippen LogP contribution < -0.4 is 5.32 Å². The van der Waals surface area contributed by atoms with Gasteiger partial charge in [-0.25, -0.2) is 4.98 Å². The lowest BCUT2D eigenvalue weighted by atomic mass is 10.2. The van der Waals surface area contributed by atoms with Crippen LogP contribution in [0.1, 0.15) is 21.8 Å². The second-order valence-corrected chi connectivity index (χ2v) is 6.36. The summed E-state index contributed by atoms with van der Waals surface area (Å²) in [5.74, 6) is -0.165. The van der Waals surface area contributed by atoms with Crippen molar-refractivity contribution in [1.82, 2.24) is 10.3 Å². The zero-order valence-electron chi connectivity index (χ0n) is 12.0. The number of ether oxygens (including phenoxy) is 1. The Bertz CT molecular complexity index is 575. The van der Waals surface area contributed by atoms with Gasteiger partial charge in [0.2, 0.25) is 0 Å². The van der Waals surface area contributed by atoms with E-state index in [1.165, 1.54) is 11.3 Å². The standard InChI is InChI=1S/C14H18N2O3S2/c1-9-12(13(18)16-11(3-5-17)7-19-2)21-14(15-9)10-4-6-20-8-10/h4,6,8,11,17H,3,5,7H2,1-2H3,(H,16,18). The molecule has 21 heavy (non-hydrogen) atoms. The number of aliphatic hydroxyl groups is 1. The quantitative estimate of drug-likeness (QED) is 0.819. The Labute approximate surface area is 131 Å². The maximum Gasteiger partial charge on any atom is 0.263 e. The summed E-state index contributed by atoms with van der Waals surface area (Å²) < 4.78 is 5.05. The minimum absolute atomic E-state index is 0.0101. The molecule has 7 heteroatoms. The van der Waals surface area contributed by atoms with Crippen LogP contribution in [0.15, 0.2) is 16.8 Å². The number of nitrogens with zero attached hydrogens (tertiary/aromatic N) is 1. The number of hydrogen-bond acceptors (Lipinski definition) is 6. The molecule has 0 aliphatic heterocycles. The topological polar surface area (TPSA) is 71.5 Å². The number of amides is 1. The number of nitrogens with one attached hydrogen (secondary N) is 1. The molecule has 2 heterocycles. The van der Waals surface area contributed by atoms with E-state index in [2.05, 4.69) is 10.3 Å². The molecule has 2 aromatic rings. The molecule has 0 radical (unpaired) electrons. The molecule has 0 aliphatic rings. The molecule has 2 aromatic heterocycles. The summed E-state index contributed by atoms with van der Waals surface area (Å²) in [6, 6.07) is 1.79. The average molecular weight is 326 g/mol. The molecule has 0 aliphatic carbocycles. The second-order valence-electron chi connectivity index (χ2n) is 4.58. The van der Waals surface area contributed by atoms with Gasteiger partial charge in [-0.3, -0.25) is 4.79 Å². The van der Waals surface area contributed by atoms with Gasteiger partial charge in [-0.1, -0.05) is 0 Å². The van der Waals surface area contributed by atoms with Gasteiger partial charge in [0.05, 0.1) is 18.3 Å². The van der Waals surface area contributed by atoms with Gasteiger partial charge in [0.1, 0.15) is 9.88 Å². The van der Waals surface area contributed by atoms with Crippen LogP contribution >= 0.6 is 22.7 Å². The predicted octanol–water partition coefficient (Wildman–Crippen LogP) is 2.31. The first-order valence-corrected chi connectivity index (χ1v) is 8.32. The van der Waals surface area contributed by atoms with Crippen LogP contribution in [0.3, 0.4) is 0 Å². The smallest absolute Gasteiger partial charge is 0.263 e. The largest absolute Gasteiger partial charge is 0.396 e. The molecule has 0 spiro atoms. The number of aliphatic hydroxyl groups excluding tert-OH is 1. The summed E-state index contributed by atoms with van der Waals surface area (Å²) in [6.07, 6.45) is 0.467. The molecular weight excluding hydrogens is 308 g/mol. The Kier molecular flexibility index (Phi) is 5.86. The van der Waals surface area contributed by atoms with Crippen LogP contribution in [-0.2, 0) is 4.74 Å². The second kappa shape index (κ2) is 7.65. The van der Waals surface area contributed by atoms with E-state index in [9.17, 15) is 4.79 Å². The highest BCUT2D eigenvalue weighted by Crippen LogP contribution is 2.29. The van der Waals surface area contributed by atoms with Crippen molar-refractivity contribution in [1.29, 1.82) is 0 Å². The van der Waals surface area contributed by atoms with E-state index in [0.717, 1.165) is 16.3 Å². The van der Waals surface area contributed by atoms with Crippen molar-refractivity contribution in [3.63, 3.8) is 0 Å². The molecule has 0 saturated carbocycles. The molecule has 1 atom stereocenters. The highest BCUT2D eigenvalue weighted by Gasteiger charge is 2.19. The minimum Gasteiger partial charge on any atom is -0.396 e. The number of rotatable bonds is 7. The third kappa shape index (κ3) is 4.10. The number of hydrogen-bond donors (Lipinski definition) is 2. The van der Waals surface area contributed by atoms with Crippen molar-refractivity contribution in [2.45, 2.75) is 19.4 Å². The number of carbonyl (C=O) groups is 1. The Morgan fingerprint density at radius 2 is 2.38 bits per heavy atom. The molecule has 2 N–H and O–H groups in total. The fraction of sp³-hybridized carbons (Fsp3) is 0.429. The van der Waals surface area contributed by atoms with Crippen molar-refractivity contribution < 1.29 is 14.6 Å². The molecule has 2 rings (SSSR count). The maximum absolute atomic E-state index is 12.3. The SMILES string of the molecule is COCC(CCO)NC(=O)c1sc(-c2ccsc2)nc1C. The normalized spacial score (nSPS) is 12.3. The van der Waals surface area contributed by atoms with Crippen LogP contribution in [-0.4, -0.2) is 42.4 Å². The fourth-order valence-electron chi connectivity index (χ4n) is 1.92. The van der Waals surface area contributed by atoms with Gasteiger partial charge in [0.25, 0.3) is 5.91 Å². The molecule has 0 fully saturated rings. The lowest BCUT2D eigenvalue weighted by Crippen LogP contribution is -2.38. The first-order chi connectivity index (χ1) is 10.2. The van der Waals surface area contributed by atoms with Crippen LogP contribution in [0.25, 0.3) is 10.6 Å². The highest BCUT2D eigenvalue weighted by atomic mass is 32.1. The molecule has 0 aromatic carbocycles. The third-order valence-corrected chi connectivity index (χ3v) is 4.84. The predicted molar refractivity (Wildman–Crippen MR) is 85.0 cm³/mol. The summed E-state index contributed by atoms with van der Waals surface area (Å²) >= 11 is 2.99. The first-order valence-electron chi connectivity index (χ1n) is 6.56. The summed E-state index contributed by atoms with van der Waals surface area (Å²) in [4.78, 5) is 17.4. The van der Waals surface area contributed by atoms with Crippen LogP contribution in [0.2, 0.25) is 0 Å². The Hall–Kier alpha value is -1.28. The molecule has 114 valence electrons. The van der Waals surface area contributed by atoms with E-state index in [-0.39, 0.29) is 18.6 Å². The van der Waals surface area contributed by atoms with Gasteiger partial charge in [-0.05, 0) is 24.8 Å². The van der Waals surface area contributed by atoms with Crippen molar-refractivity contribution >= 4 is 28.6 Å². The fourth-order valence-corrected chi connectivity index (χ4v) is 3.60. The van der Waals surface area contributed by atoms with Crippen LogP contribution in [0.5, 0.6) is 0 Å². The first kappa shape index (κ1) is 16.1. The van der Waals surface area contributed by atoms with E-state index in [1.54, 1.807) is 18.4 Å². The monoisotopic (exact) mass is 326 g/mol. The Morgan fingerprint density at radius 1 is 1.57 bits per heavy atom. The van der Waals surface area contributed by atoms with Gasteiger partial charge in [0.15, 0.2) is 0 Å². The van der Waals surface area contributed by atoms with Gasteiger partial charge < -0.3 is 15.2 Å². The van der Waals surface area contributed by atoms with Gasteiger partial charge in [-0.2, -0.15) is 11.3 Å². The Balaban J connectivity index is 2.12. The molecule has 0 bridgehead atoms. The third-order valence-electron chi connectivity index (χ3n) is 2.95. The number of methoxy groups -OCH3 is 1. The molecule has 0 saturated heterocycles. The molecule has 5 nitrogen and oxygen atoms in total. The Morgan fingerprint density at radius 3 is 3.00 bits per heavy atom. The van der Waals surface area contributed by atoms with Crippen LogP contribution in [0.4, 0.5) is 0 Å². The van der Waals surface area contributed by atoms with Crippen LogP contribution in [0, 0.1) is 6.92 Å². The van der Waals surface area contributed by atoms with Crippen molar-refractivity contribution in [3.8, 4) is 10.6 Å². The average Bonchev–Trinajstić information content (AvgIpc) is 3.08. The van der Waals surface area contributed by atoms with E-state index in [4.69, 9.17) is 9.84 Å². The summed E-state index contributed by atoms with van der Waals surface area (Å²) in [6.45, 7) is 2.22.